The summed E-state index contributed by atoms with van der Waals surface area (Å²) in [4.78, 5) is 24.3. The predicted molar refractivity (Wildman–Crippen MR) is 107 cm³/mol. The van der Waals surface area contributed by atoms with Crippen molar-refractivity contribution in [2.45, 2.75) is 33.7 Å². The molecule has 0 saturated carbocycles. The lowest BCUT2D eigenvalue weighted by Crippen LogP contribution is -2.20. The molecule has 0 unspecified atom stereocenters. The first-order chi connectivity index (χ1) is 12.3. The van der Waals surface area contributed by atoms with Crippen LogP contribution < -0.4 is 14.9 Å². The number of anilines is 1. The van der Waals surface area contributed by atoms with Gasteiger partial charge in [0.2, 0.25) is 0 Å². The van der Waals surface area contributed by atoms with Gasteiger partial charge in [-0.2, -0.15) is 0 Å². The molecule has 0 aliphatic rings. The van der Waals surface area contributed by atoms with E-state index < -0.39 is 0 Å². The van der Waals surface area contributed by atoms with Gasteiger partial charge in [0.15, 0.2) is 6.61 Å². The summed E-state index contributed by atoms with van der Waals surface area (Å²) in [6, 6.07) is 11.3. The number of aryl methyl sites for hydroxylation is 2. The minimum Gasteiger partial charge on any atom is -0.484 e. The Bertz CT molecular complexity index is 1020. The minimum absolute atomic E-state index is 0.0107. The summed E-state index contributed by atoms with van der Waals surface area (Å²) in [7, 11) is 0. The van der Waals surface area contributed by atoms with Gasteiger partial charge in [-0.3, -0.25) is 14.2 Å². The van der Waals surface area contributed by atoms with Gasteiger partial charge < -0.3 is 10.1 Å². The summed E-state index contributed by atoms with van der Waals surface area (Å²) in [5.41, 5.74) is 3.85. The first-order valence-electron chi connectivity index (χ1n) is 8.50. The van der Waals surface area contributed by atoms with Gasteiger partial charge in [-0.05, 0) is 69.2 Å². The number of carbonyl (C=O) groups is 1. The Hall–Kier alpha value is -2.60. The fourth-order valence-electron chi connectivity index (χ4n) is 2.75. The lowest BCUT2D eigenvalue weighted by atomic mass is 10.1. The zero-order valence-electron chi connectivity index (χ0n) is 15.3. The number of nitrogens with one attached hydrogen (secondary N) is 1. The van der Waals surface area contributed by atoms with Gasteiger partial charge in [0.25, 0.3) is 5.91 Å². The first kappa shape index (κ1) is 18.2. The van der Waals surface area contributed by atoms with E-state index in [1.807, 2.05) is 58.0 Å². The normalized spacial score (nSPS) is 11.1. The molecule has 3 aromatic rings. The van der Waals surface area contributed by atoms with Crippen molar-refractivity contribution in [1.82, 2.24) is 4.57 Å². The smallest absolute Gasteiger partial charge is 0.308 e. The highest BCUT2D eigenvalue weighted by atomic mass is 32.1. The van der Waals surface area contributed by atoms with E-state index >= 15 is 0 Å². The molecule has 1 amide bonds. The van der Waals surface area contributed by atoms with Crippen molar-refractivity contribution < 1.29 is 9.53 Å². The second kappa shape index (κ2) is 7.33. The lowest BCUT2D eigenvalue weighted by molar-refractivity contribution is -0.118. The van der Waals surface area contributed by atoms with Crippen molar-refractivity contribution in [2.24, 2.45) is 0 Å². The molecule has 0 spiro atoms. The number of rotatable bonds is 5. The summed E-state index contributed by atoms with van der Waals surface area (Å²) in [5, 5.41) is 2.82. The number of hydrogen-bond acceptors (Lipinski definition) is 4. The van der Waals surface area contributed by atoms with Gasteiger partial charge in [0.05, 0.1) is 10.2 Å². The fraction of sp³-hybridized carbons (Fsp3) is 0.300. The molecule has 3 rings (SSSR count). The molecule has 0 radical (unpaired) electrons. The number of carbonyl (C=O) groups excluding carboxylic acids is 1. The van der Waals surface area contributed by atoms with E-state index in [0.717, 1.165) is 15.8 Å². The maximum Gasteiger partial charge on any atom is 0.308 e. The fourth-order valence-corrected chi connectivity index (χ4v) is 3.81. The Morgan fingerprint density at radius 3 is 2.62 bits per heavy atom. The van der Waals surface area contributed by atoms with Crippen molar-refractivity contribution in [3.63, 3.8) is 0 Å². The molecule has 136 valence electrons. The van der Waals surface area contributed by atoms with Crippen LogP contribution in [0, 0.1) is 13.8 Å². The number of fused-ring (bicyclic) bond motifs is 1. The number of benzene rings is 2. The topological polar surface area (TPSA) is 60.3 Å². The molecule has 1 heterocycles. The standard InChI is InChI=1S/C20H22N2O3S/c1-12(2)22-17-8-6-15(10-18(17)26-20(22)24)21-19(23)11-25-16-7-5-13(3)14(4)9-16/h5-10,12H,11H2,1-4H3,(H,21,23). The molecule has 6 heteroatoms. The zero-order chi connectivity index (χ0) is 18.8. The molecule has 5 nitrogen and oxygen atoms in total. The van der Waals surface area contributed by atoms with Gasteiger partial charge in [0.1, 0.15) is 5.75 Å². The Morgan fingerprint density at radius 2 is 1.92 bits per heavy atom. The second-order valence-electron chi connectivity index (χ2n) is 6.60. The molecule has 0 fully saturated rings. The summed E-state index contributed by atoms with van der Waals surface area (Å²) in [5.74, 6) is 0.434. The van der Waals surface area contributed by atoms with Crippen LogP contribution in [-0.4, -0.2) is 17.1 Å². The molecular weight excluding hydrogens is 348 g/mol. The summed E-state index contributed by atoms with van der Waals surface area (Å²) in [6.07, 6.45) is 0. The quantitative estimate of drug-likeness (QED) is 0.729. The molecule has 1 aromatic heterocycles. The van der Waals surface area contributed by atoms with E-state index in [9.17, 15) is 9.59 Å². The van der Waals surface area contributed by atoms with Crippen LogP contribution in [0.15, 0.2) is 41.2 Å². The number of ether oxygens (including phenoxy) is 1. The second-order valence-corrected chi connectivity index (χ2v) is 7.59. The molecular formula is C20H22N2O3S. The van der Waals surface area contributed by atoms with Crippen LogP contribution in [0.2, 0.25) is 0 Å². The lowest BCUT2D eigenvalue weighted by Gasteiger charge is -2.10. The van der Waals surface area contributed by atoms with Crippen molar-refractivity contribution in [3.8, 4) is 5.75 Å². The van der Waals surface area contributed by atoms with Crippen LogP contribution in [-0.2, 0) is 4.79 Å². The van der Waals surface area contributed by atoms with E-state index in [4.69, 9.17) is 4.74 Å². The van der Waals surface area contributed by atoms with Crippen molar-refractivity contribution >= 4 is 33.1 Å². The Morgan fingerprint density at radius 1 is 1.15 bits per heavy atom. The average Bonchev–Trinajstić information content (AvgIpc) is 2.91. The minimum atomic E-state index is -0.238. The van der Waals surface area contributed by atoms with E-state index in [1.54, 1.807) is 10.6 Å². The van der Waals surface area contributed by atoms with Crippen LogP contribution >= 0.6 is 11.3 Å². The first-order valence-corrected chi connectivity index (χ1v) is 9.32. The molecule has 0 atom stereocenters. The summed E-state index contributed by atoms with van der Waals surface area (Å²) < 4.78 is 8.17. The SMILES string of the molecule is Cc1ccc(OCC(=O)Nc2ccc3c(c2)sc(=O)n3C(C)C)cc1C. The number of hydrogen-bond donors (Lipinski definition) is 1. The van der Waals surface area contributed by atoms with Gasteiger partial charge in [-0.1, -0.05) is 17.4 Å². The maximum absolute atomic E-state index is 12.2. The van der Waals surface area contributed by atoms with E-state index in [0.29, 0.717) is 11.4 Å². The Labute approximate surface area is 156 Å². The van der Waals surface area contributed by atoms with Crippen molar-refractivity contribution in [2.75, 3.05) is 11.9 Å². The maximum atomic E-state index is 12.2. The van der Waals surface area contributed by atoms with Crippen LogP contribution in [0.4, 0.5) is 5.69 Å². The highest BCUT2D eigenvalue weighted by molar-refractivity contribution is 7.16. The van der Waals surface area contributed by atoms with Crippen molar-refractivity contribution in [3.05, 3.63) is 57.2 Å². The molecule has 0 bridgehead atoms. The van der Waals surface area contributed by atoms with Crippen molar-refractivity contribution in [1.29, 1.82) is 0 Å². The molecule has 26 heavy (non-hydrogen) atoms. The van der Waals surface area contributed by atoms with E-state index in [-0.39, 0.29) is 23.4 Å². The van der Waals surface area contributed by atoms with Crippen LogP contribution in [0.25, 0.3) is 10.2 Å². The van der Waals surface area contributed by atoms with Gasteiger partial charge >= 0.3 is 4.87 Å². The third-order valence-electron chi connectivity index (χ3n) is 4.26. The third-order valence-corrected chi connectivity index (χ3v) is 5.18. The third kappa shape index (κ3) is 3.80. The molecule has 2 aromatic carbocycles. The molecule has 0 saturated heterocycles. The predicted octanol–water partition coefficient (Wildman–Crippen LogP) is 4.28. The summed E-state index contributed by atoms with van der Waals surface area (Å²) >= 11 is 1.19. The van der Waals surface area contributed by atoms with Crippen LogP contribution in [0.3, 0.4) is 0 Å². The van der Waals surface area contributed by atoms with Gasteiger partial charge in [-0.25, -0.2) is 0 Å². The number of nitrogens with zero attached hydrogens (tertiary/aromatic N) is 1. The highest BCUT2D eigenvalue weighted by Crippen LogP contribution is 2.24. The van der Waals surface area contributed by atoms with Crippen LogP contribution in [0.5, 0.6) is 5.75 Å². The van der Waals surface area contributed by atoms with Gasteiger partial charge in [0, 0.05) is 11.7 Å². The Balaban J connectivity index is 1.69. The largest absolute Gasteiger partial charge is 0.484 e. The average molecular weight is 370 g/mol. The summed E-state index contributed by atoms with van der Waals surface area (Å²) in [6.45, 7) is 7.93. The Kier molecular flexibility index (Phi) is 5.13. The molecule has 0 aliphatic heterocycles. The van der Waals surface area contributed by atoms with E-state index in [2.05, 4.69) is 5.32 Å². The monoisotopic (exact) mass is 370 g/mol. The number of amides is 1. The van der Waals surface area contributed by atoms with Gasteiger partial charge in [-0.15, -0.1) is 0 Å². The molecule has 1 N–H and O–H groups in total. The zero-order valence-corrected chi connectivity index (χ0v) is 16.1. The van der Waals surface area contributed by atoms with E-state index in [1.165, 1.54) is 16.9 Å². The van der Waals surface area contributed by atoms with Crippen LogP contribution in [0.1, 0.15) is 31.0 Å². The highest BCUT2D eigenvalue weighted by Gasteiger charge is 2.12. The molecule has 0 aliphatic carbocycles. The number of thiazole rings is 1. The number of aromatic nitrogens is 1.